The van der Waals surface area contributed by atoms with E-state index in [1.54, 1.807) is 20.3 Å². The summed E-state index contributed by atoms with van der Waals surface area (Å²) < 4.78 is 11.2. The van der Waals surface area contributed by atoms with Crippen molar-refractivity contribution in [3.8, 4) is 11.5 Å². The molecule has 0 aliphatic rings. The second-order valence-corrected chi connectivity index (χ2v) is 3.64. The van der Waals surface area contributed by atoms with E-state index in [2.05, 4.69) is 27.7 Å². The van der Waals surface area contributed by atoms with Crippen molar-refractivity contribution in [2.45, 2.75) is 0 Å². The molecule has 0 saturated heterocycles. The summed E-state index contributed by atoms with van der Waals surface area (Å²) in [6, 6.07) is 3.57. The van der Waals surface area contributed by atoms with Gasteiger partial charge in [0.05, 0.1) is 24.0 Å². The third-order valence-corrected chi connectivity index (χ3v) is 2.46. The number of ether oxygens (including phenoxy) is 2. The molecule has 1 N–H and O–H groups in total. The summed E-state index contributed by atoms with van der Waals surface area (Å²) in [5, 5.41) is 11.3. The van der Waals surface area contributed by atoms with Crippen molar-refractivity contribution in [2.24, 2.45) is 5.16 Å². The Kier molecular flexibility index (Phi) is 3.99. The topological polar surface area (TPSA) is 51.0 Å². The molecular weight excluding hydrogens is 297 g/mol. The Hall–Kier alpha value is -0.980. The van der Waals surface area contributed by atoms with E-state index in [0.717, 1.165) is 9.13 Å². The Balaban J connectivity index is 3.23. The summed E-state index contributed by atoms with van der Waals surface area (Å²) in [4.78, 5) is 0. The van der Waals surface area contributed by atoms with Crippen LogP contribution in [0.25, 0.3) is 0 Å². The summed E-state index contributed by atoms with van der Waals surface area (Å²) in [6.45, 7) is 0. The van der Waals surface area contributed by atoms with Crippen molar-refractivity contribution in [1.29, 1.82) is 0 Å². The normalized spacial score (nSPS) is 10.5. The summed E-state index contributed by atoms with van der Waals surface area (Å²) in [5.41, 5.74) is 0.759. The van der Waals surface area contributed by atoms with E-state index in [-0.39, 0.29) is 0 Å². The third-order valence-electron chi connectivity index (χ3n) is 1.66. The molecule has 0 spiro atoms. The van der Waals surface area contributed by atoms with Crippen LogP contribution in [0.1, 0.15) is 5.56 Å². The van der Waals surface area contributed by atoms with Gasteiger partial charge in [-0.2, -0.15) is 0 Å². The maximum Gasteiger partial charge on any atom is 0.174 e. The Labute approximate surface area is 95.7 Å². The highest BCUT2D eigenvalue weighted by Crippen LogP contribution is 2.32. The molecule has 14 heavy (non-hydrogen) atoms. The van der Waals surface area contributed by atoms with Crippen LogP contribution < -0.4 is 9.47 Å². The number of methoxy groups -OCH3 is 2. The minimum Gasteiger partial charge on any atom is -0.493 e. The van der Waals surface area contributed by atoms with E-state index in [0.29, 0.717) is 11.5 Å². The second-order valence-electron chi connectivity index (χ2n) is 2.48. The molecule has 0 amide bonds. The van der Waals surface area contributed by atoms with Crippen LogP contribution in [0.2, 0.25) is 0 Å². The molecule has 5 heteroatoms. The van der Waals surface area contributed by atoms with Gasteiger partial charge in [-0.05, 0) is 34.7 Å². The van der Waals surface area contributed by atoms with E-state index < -0.39 is 0 Å². The summed E-state index contributed by atoms with van der Waals surface area (Å²) in [7, 11) is 3.15. The number of oxime groups is 1. The van der Waals surface area contributed by atoms with E-state index in [1.165, 1.54) is 6.21 Å². The van der Waals surface area contributed by atoms with Gasteiger partial charge in [0.25, 0.3) is 0 Å². The molecule has 76 valence electrons. The fourth-order valence-corrected chi connectivity index (χ4v) is 1.92. The molecule has 0 unspecified atom stereocenters. The van der Waals surface area contributed by atoms with Gasteiger partial charge in [0.2, 0.25) is 0 Å². The Morgan fingerprint density at radius 3 is 2.57 bits per heavy atom. The van der Waals surface area contributed by atoms with Gasteiger partial charge in [0.15, 0.2) is 11.5 Å². The lowest BCUT2D eigenvalue weighted by atomic mass is 10.2. The van der Waals surface area contributed by atoms with Crippen LogP contribution in [0.4, 0.5) is 0 Å². The lowest BCUT2D eigenvalue weighted by Crippen LogP contribution is -1.95. The van der Waals surface area contributed by atoms with E-state index in [9.17, 15) is 0 Å². The molecule has 0 saturated carbocycles. The zero-order valence-corrected chi connectivity index (χ0v) is 9.98. The number of rotatable bonds is 3. The predicted octanol–water partition coefficient (Wildman–Crippen LogP) is 2.12. The largest absolute Gasteiger partial charge is 0.493 e. The highest BCUT2D eigenvalue weighted by atomic mass is 127. The first kappa shape index (κ1) is 11.1. The van der Waals surface area contributed by atoms with Gasteiger partial charge < -0.3 is 14.7 Å². The van der Waals surface area contributed by atoms with Crippen LogP contribution in [0.5, 0.6) is 11.5 Å². The van der Waals surface area contributed by atoms with Crippen molar-refractivity contribution in [3.63, 3.8) is 0 Å². The fourth-order valence-electron chi connectivity index (χ4n) is 1.08. The van der Waals surface area contributed by atoms with Gasteiger partial charge in [-0.15, -0.1) is 0 Å². The van der Waals surface area contributed by atoms with E-state index in [4.69, 9.17) is 14.7 Å². The molecule has 0 aliphatic heterocycles. The molecular formula is C9H10INO3. The maximum atomic E-state index is 8.40. The van der Waals surface area contributed by atoms with Gasteiger partial charge in [-0.1, -0.05) is 5.16 Å². The average Bonchev–Trinajstić information content (AvgIpc) is 2.17. The first-order valence-corrected chi connectivity index (χ1v) is 4.89. The molecule has 0 fully saturated rings. The molecule has 1 rings (SSSR count). The SMILES string of the molecule is COc1cc(/C=N/O)cc(I)c1OC. The van der Waals surface area contributed by atoms with Gasteiger partial charge in [0, 0.05) is 5.56 Å². The van der Waals surface area contributed by atoms with Gasteiger partial charge in [-0.25, -0.2) is 0 Å². The average molecular weight is 307 g/mol. The number of hydrogen-bond acceptors (Lipinski definition) is 4. The van der Waals surface area contributed by atoms with Crippen molar-refractivity contribution in [3.05, 3.63) is 21.3 Å². The number of nitrogens with zero attached hydrogens (tertiary/aromatic N) is 1. The lowest BCUT2D eigenvalue weighted by Gasteiger charge is -2.09. The van der Waals surface area contributed by atoms with Gasteiger partial charge >= 0.3 is 0 Å². The first-order valence-electron chi connectivity index (χ1n) is 3.82. The molecule has 4 nitrogen and oxygen atoms in total. The van der Waals surface area contributed by atoms with Crippen LogP contribution in [-0.4, -0.2) is 25.6 Å². The smallest absolute Gasteiger partial charge is 0.174 e. The monoisotopic (exact) mass is 307 g/mol. The van der Waals surface area contributed by atoms with E-state index >= 15 is 0 Å². The van der Waals surface area contributed by atoms with Crippen molar-refractivity contribution < 1.29 is 14.7 Å². The molecule has 0 bridgehead atoms. The molecule has 1 aromatic rings. The number of hydrogen-bond donors (Lipinski definition) is 1. The Bertz CT molecular complexity index is 352. The summed E-state index contributed by atoms with van der Waals surface area (Å²) >= 11 is 2.13. The Morgan fingerprint density at radius 1 is 1.36 bits per heavy atom. The minimum atomic E-state index is 0.620. The fraction of sp³-hybridized carbons (Fsp3) is 0.222. The highest BCUT2D eigenvalue weighted by molar-refractivity contribution is 14.1. The van der Waals surface area contributed by atoms with Crippen LogP contribution in [-0.2, 0) is 0 Å². The van der Waals surface area contributed by atoms with Crippen LogP contribution in [0.3, 0.4) is 0 Å². The summed E-state index contributed by atoms with van der Waals surface area (Å²) in [6.07, 6.45) is 1.34. The van der Waals surface area contributed by atoms with Crippen molar-refractivity contribution >= 4 is 28.8 Å². The van der Waals surface area contributed by atoms with Crippen LogP contribution in [0.15, 0.2) is 17.3 Å². The zero-order valence-electron chi connectivity index (χ0n) is 7.82. The predicted molar refractivity (Wildman–Crippen MR) is 61.6 cm³/mol. The van der Waals surface area contributed by atoms with Crippen LogP contribution in [0, 0.1) is 3.57 Å². The third kappa shape index (κ3) is 2.28. The lowest BCUT2D eigenvalue weighted by molar-refractivity contribution is 0.321. The molecule has 0 atom stereocenters. The van der Waals surface area contributed by atoms with Crippen molar-refractivity contribution in [2.75, 3.05) is 14.2 Å². The van der Waals surface area contributed by atoms with E-state index in [1.807, 2.05) is 6.07 Å². The molecule has 0 heterocycles. The highest BCUT2D eigenvalue weighted by Gasteiger charge is 2.09. The molecule has 0 aromatic heterocycles. The quantitative estimate of drug-likeness (QED) is 0.403. The standard InChI is InChI=1S/C9H10INO3/c1-13-8-4-6(5-11-12)3-7(10)9(8)14-2/h3-5,12H,1-2H3/b11-5+. The minimum absolute atomic E-state index is 0.620. The zero-order chi connectivity index (χ0) is 10.6. The summed E-state index contributed by atoms with van der Waals surface area (Å²) in [5.74, 6) is 1.30. The molecule has 0 radical (unpaired) electrons. The number of halogens is 1. The first-order chi connectivity index (χ1) is 6.72. The molecule has 0 aliphatic carbocycles. The second kappa shape index (κ2) is 5.04. The van der Waals surface area contributed by atoms with Crippen molar-refractivity contribution in [1.82, 2.24) is 0 Å². The molecule has 1 aromatic carbocycles. The Morgan fingerprint density at radius 2 is 2.07 bits per heavy atom. The van der Waals surface area contributed by atoms with Gasteiger partial charge in [0.1, 0.15) is 0 Å². The van der Waals surface area contributed by atoms with Crippen LogP contribution >= 0.6 is 22.6 Å². The van der Waals surface area contributed by atoms with Gasteiger partial charge in [-0.3, -0.25) is 0 Å². The number of benzene rings is 1. The maximum absolute atomic E-state index is 8.40.